The number of carbonyl (C=O) groups excluding carboxylic acids is 1. The maximum Gasteiger partial charge on any atom is 0.239 e. The minimum absolute atomic E-state index is 0.0822. The van der Waals surface area contributed by atoms with E-state index in [1.807, 2.05) is 32.0 Å². The average molecular weight is 316 g/mol. The lowest BCUT2D eigenvalue weighted by Crippen LogP contribution is -2.33. The number of aryl methyl sites for hydroxylation is 2. The molecular formula is C18H21FN2O2. The van der Waals surface area contributed by atoms with Gasteiger partial charge in [-0.2, -0.15) is 0 Å². The summed E-state index contributed by atoms with van der Waals surface area (Å²) in [6.45, 7) is 4.16. The first-order chi connectivity index (χ1) is 11.0. The SMILES string of the molecule is Cc1cccc(C)c1NCC(=O)NC[C@H](O)c1ccc(F)cc1. The molecule has 0 radical (unpaired) electrons. The van der Waals surface area contributed by atoms with Gasteiger partial charge >= 0.3 is 0 Å². The summed E-state index contributed by atoms with van der Waals surface area (Å²) in [5.41, 5.74) is 3.66. The third kappa shape index (κ3) is 4.79. The topological polar surface area (TPSA) is 61.4 Å². The highest BCUT2D eigenvalue weighted by molar-refractivity contribution is 5.81. The van der Waals surface area contributed by atoms with Crippen molar-refractivity contribution >= 4 is 11.6 Å². The quantitative estimate of drug-likeness (QED) is 0.768. The first-order valence-electron chi connectivity index (χ1n) is 7.47. The Balaban J connectivity index is 1.82. The van der Waals surface area contributed by atoms with E-state index < -0.39 is 6.10 Å². The van der Waals surface area contributed by atoms with Gasteiger partial charge in [-0.05, 0) is 42.7 Å². The van der Waals surface area contributed by atoms with Gasteiger partial charge < -0.3 is 15.7 Å². The molecule has 0 aliphatic heterocycles. The predicted molar refractivity (Wildman–Crippen MR) is 88.8 cm³/mol. The van der Waals surface area contributed by atoms with Crippen LogP contribution in [0.1, 0.15) is 22.8 Å². The van der Waals surface area contributed by atoms with Crippen LogP contribution in [-0.4, -0.2) is 24.1 Å². The van der Waals surface area contributed by atoms with Crippen LogP contribution in [0.25, 0.3) is 0 Å². The molecule has 3 N–H and O–H groups in total. The van der Waals surface area contributed by atoms with Gasteiger partial charge in [0.15, 0.2) is 0 Å². The standard InChI is InChI=1S/C18H21FN2O2/c1-12-4-3-5-13(2)18(12)21-11-17(23)20-10-16(22)14-6-8-15(19)9-7-14/h3-9,16,21-22H,10-11H2,1-2H3,(H,20,23)/t16-/m0/s1. The van der Waals surface area contributed by atoms with Crippen LogP contribution in [0.5, 0.6) is 0 Å². The summed E-state index contributed by atoms with van der Waals surface area (Å²) in [5.74, 6) is -0.573. The van der Waals surface area contributed by atoms with Crippen molar-refractivity contribution in [3.63, 3.8) is 0 Å². The molecule has 1 atom stereocenters. The first-order valence-corrected chi connectivity index (χ1v) is 7.47. The third-order valence-corrected chi connectivity index (χ3v) is 3.65. The highest BCUT2D eigenvalue weighted by Crippen LogP contribution is 2.18. The number of para-hydroxylation sites is 1. The van der Waals surface area contributed by atoms with Gasteiger partial charge in [-0.1, -0.05) is 30.3 Å². The second-order valence-electron chi connectivity index (χ2n) is 5.49. The molecule has 2 aromatic rings. The minimum atomic E-state index is -0.861. The second kappa shape index (κ2) is 7.74. The Morgan fingerprint density at radius 2 is 1.74 bits per heavy atom. The van der Waals surface area contributed by atoms with Crippen molar-refractivity contribution in [3.05, 3.63) is 65.0 Å². The van der Waals surface area contributed by atoms with Crippen LogP contribution in [0.15, 0.2) is 42.5 Å². The summed E-state index contributed by atoms with van der Waals surface area (Å²) in [4.78, 5) is 11.9. The van der Waals surface area contributed by atoms with Crippen LogP contribution in [0.3, 0.4) is 0 Å². The van der Waals surface area contributed by atoms with Gasteiger partial charge in [-0.3, -0.25) is 4.79 Å². The molecule has 0 saturated carbocycles. The molecule has 122 valence electrons. The number of nitrogens with one attached hydrogen (secondary N) is 2. The molecule has 4 nitrogen and oxygen atoms in total. The van der Waals surface area contributed by atoms with Crippen molar-refractivity contribution in [1.29, 1.82) is 0 Å². The van der Waals surface area contributed by atoms with Crippen molar-refractivity contribution in [2.75, 3.05) is 18.4 Å². The van der Waals surface area contributed by atoms with E-state index >= 15 is 0 Å². The molecule has 2 aromatic carbocycles. The first kappa shape index (κ1) is 17.0. The lowest BCUT2D eigenvalue weighted by Gasteiger charge is -2.14. The Labute approximate surface area is 135 Å². The van der Waals surface area contributed by atoms with Crippen LogP contribution >= 0.6 is 0 Å². The molecule has 0 saturated heterocycles. The van der Waals surface area contributed by atoms with E-state index in [2.05, 4.69) is 10.6 Å². The maximum atomic E-state index is 12.8. The Morgan fingerprint density at radius 3 is 2.35 bits per heavy atom. The molecule has 2 rings (SSSR count). The number of carbonyl (C=O) groups is 1. The molecule has 5 heteroatoms. The lowest BCUT2D eigenvalue weighted by atomic mass is 10.1. The van der Waals surface area contributed by atoms with Crippen molar-refractivity contribution in [2.24, 2.45) is 0 Å². The Bertz CT molecular complexity index is 651. The van der Waals surface area contributed by atoms with Crippen molar-refractivity contribution in [2.45, 2.75) is 20.0 Å². The number of amides is 1. The zero-order chi connectivity index (χ0) is 16.8. The Kier molecular flexibility index (Phi) is 5.71. The summed E-state index contributed by atoms with van der Waals surface area (Å²) in [6.07, 6.45) is -0.861. The predicted octanol–water partition coefficient (Wildman–Crippen LogP) is 2.70. The van der Waals surface area contributed by atoms with Crippen LogP contribution in [-0.2, 0) is 4.79 Å². The molecule has 23 heavy (non-hydrogen) atoms. The zero-order valence-corrected chi connectivity index (χ0v) is 13.3. The van der Waals surface area contributed by atoms with E-state index in [1.165, 1.54) is 24.3 Å². The average Bonchev–Trinajstić information content (AvgIpc) is 2.53. The molecule has 0 fully saturated rings. The van der Waals surface area contributed by atoms with Crippen molar-refractivity contribution in [1.82, 2.24) is 5.32 Å². The van der Waals surface area contributed by atoms with Crippen molar-refractivity contribution < 1.29 is 14.3 Å². The fraction of sp³-hybridized carbons (Fsp3) is 0.278. The molecular weight excluding hydrogens is 295 g/mol. The second-order valence-corrected chi connectivity index (χ2v) is 5.49. The molecule has 0 aliphatic carbocycles. The maximum absolute atomic E-state index is 12.8. The van der Waals surface area contributed by atoms with Crippen LogP contribution in [0.2, 0.25) is 0 Å². The fourth-order valence-corrected chi connectivity index (χ4v) is 2.34. The Hall–Kier alpha value is -2.40. The highest BCUT2D eigenvalue weighted by atomic mass is 19.1. The van der Waals surface area contributed by atoms with E-state index in [4.69, 9.17) is 0 Å². The van der Waals surface area contributed by atoms with E-state index in [9.17, 15) is 14.3 Å². The molecule has 0 unspecified atom stereocenters. The third-order valence-electron chi connectivity index (χ3n) is 3.65. The Morgan fingerprint density at radius 1 is 1.13 bits per heavy atom. The monoisotopic (exact) mass is 316 g/mol. The minimum Gasteiger partial charge on any atom is -0.387 e. The van der Waals surface area contributed by atoms with E-state index in [1.54, 1.807) is 0 Å². The van der Waals surface area contributed by atoms with E-state index in [0.29, 0.717) is 5.56 Å². The number of aliphatic hydroxyl groups is 1. The normalized spacial score (nSPS) is 11.8. The highest BCUT2D eigenvalue weighted by Gasteiger charge is 2.10. The molecule has 0 heterocycles. The summed E-state index contributed by atoms with van der Waals surface area (Å²) < 4.78 is 12.8. The number of rotatable bonds is 6. The van der Waals surface area contributed by atoms with Gasteiger partial charge in [0.2, 0.25) is 5.91 Å². The number of hydrogen-bond donors (Lipinski definition) is 3. The van der Waals surface area contributed by atoms with Gasteiger partial charge in [0.05, 0.1) is 12.6 Å². The smallest absolute Gasteiger partial charge is 0.239 e. The van der Waals surface area contributed by atoms with Gasteiger partial charge in [-0.25, -0.2) is 4.39 Å². The van der Waals surface area contributed by atoms with E-state index in [0.717, 1.165) is 16.8 Å². The largest absolute Gasteiger partial charge is 0.387 e. The summed E-state index contributed by atoms with van der Waals surface area (Å²) >= 11 is 0. The number of benzene rings is 2. The van der Waals surface area contributed by atoms with Crippen LogP contribution < -0.4 is 10.6 Å². The summed E-state index contributed by atoms with van der Waals surface area (Å²) in [6, 6.07) is 11.5. The van der Waals surface area contributed by atoms with Gasteiger partial charge in [-0.15, -0.1) is 0 Å². The van der Waals surface area contributed by atoms with Gasteiger partial charge in [0.25, 0.3) is 0 Å². The van der Waals surface area contributed by atoms with Crippen LogP contribution in [0, 0.1) is 19.7 Å². The van der Waals surface area contributed by atoms with Crippen LogP contribution in [0.4, 0.5) is 10.1 Å². The summed E-state index contributed by atoms with van der Waals surface area (Å²) in [5, 5.41) is 15.7. The molecule has 1 amide bonds. The molecule has 0 bridgehead atoms. The number of halogens is 1. The molecule has 0 spiro atoms. The fourth-order valence-electron chi connectivity index (χ4n) is 2.34. The zero-order valence-electron chi connectivity index (χ0n) is 13.3. The van der Waals surface area contributed by atoms with Gasteiger partial charge in [0.1, 0.15) is 5.82 Å². The number of anilines is 1. The van der Waals surface area contributed by atoms with Crippen molar-refractivity contribution in [3.8, 4) is 0 Å². The lowest BCUT2D eigenvalue weighted by molar-refractivity contribution is -0.119. The number of aliphatic hydroxyl groups excluding tert-OH is 1. The summed E-state index contributed by atoms with van der Waals surface area (Å²) in [7, 11) is 0. The number of hydrogen-bond acceptors (Lipinski definition) is 3. The molecule has 0 aromatic heterocycles. The molecule has 0 aliphatic rings. The van der Waals surface area contributed by atoms with E-state index in [-0.39, 0.29) is 24.8 Å². The van der Waals surface area contributed by atoms with Gasteiger partial charge in [0, 0.05) is 12.2 Å².